The highest BCUT2D eigenvalue weighted by Crippen LogP contribution is 2.17. The molecule has 0 radical (unpaired) electrons. The standard InChI is InChI=1S/C12H15N3O2S/c1-9-2-4-10(5-3-9)16-6-7-18-12-15-14-11(8-13)17-12/h2-5H,6-8,13H2,1H3. The van der Waals surface area contributed by atoms with Gasteiger partial charge in [0.1, 0.15) is 5.75 Å². The molecule has 0 fully saturated rings. The molecule has 1 aromatic carbocycles. The van der Waals surface area contributed by atoms with Crippen molar-refractivity contribution in [2.24, 2.45) is 5.73 Å². The van der Waals surface area contributed by atoms with Crippen LogP contribution in [0.25, 0.3) is 0 Å². The monoisotopic (exact) mass is 265 g/mol. The predicted molar refractivity (Wildman–Crippen MR) is 69.6 cm³/mol. The lowest BCUT2D eigenvalue weighted by Gasteiger charge is -2.04. The number of rotatable bonds is 6. The molecule has 0 atom stereocenters. The van der Waals surface area contributed by atoms with E-state index in [2.05, 4.69) is 10.2 Å². The molecule has 0 aliphatic heterocycles. The molecule has 1 aromatic heterocycles. The van der Waals surface area contributed by atoms with Gasteiger partial charge in [0.15, 0.2) is 0 Å². The van der Waals surface area contributed by atoms with E-state index < -0.39 is 0 Å². The number of aryl methyl sites for hydroxylation is 1. The Kier molecular flexibility index (Phi) is 4.60. The van der Waals surface area contributed by atoms with Crippen LogP contribution in [0.3, 0.4) is 0 Å². The lowest BCUT2D eigenvalue weighted by Crippen LogP contribution is -1.99. The Labute approximate surface area is 110 Å². The second-order valence-corrected chi connectivity index (χ2v) is 4.72. The van der Waals surface area contributed by atoms with E-state index in [1.54, 1.807) is 0 Å². The van der Waals surface area contributed by atoms with E-state index in [0.717, 1.165) is 11.5 Å². The minimum absolute atomic E-state index is 0.271. The molecular weight excluding hydrogens is 250 g/mol. The molecule has 0 bridgehead atoms. The topological polar surface area (TPSA) is 74.2 Å². The molecule has 0 spiro atoms. The van der Waals surface area contributed by atoms with Gasteiger partial charge in [0.2, 0.25) is 5.89 Å². The molecule has 5 nitrogen and oxygen atoms in total. The van der Waals surface area contributed by atoms with Crippen molar-refractivity contribution < 1.29 is 9.15 Å². The summed E-state index contributed by atoms with van der Waals surface area (Å²) >= 11 is 1.46. The third-order valence-electron chi connectivity index (χ3n) is 2.22. The van der Waals surface area contributed by atoms with Crippen molar-refractivity contribution in [3.63, 3.8) is 0 Å². The maximum absolute atomic E-state index is 5.58. The van der Waals surface area contributed by atoms with Crippen LogP contribution in [-0.4, -0.2) is 22.6 Å². The number of hydrogen-bond acceptors (Lipinski definition) is 6. The van der Waals surface area contributed by atoms with Crippen molar-refractivity contribution in [1.82, 2.24) is 10.2 Å². The van der Waals surface area contributed by atoms with Gasteiger partial charge in [-0.3, -0.25) is 0 Å². The van der Waals surface area contributed by atoms with E-state index in [1.807, 2.05) is 31.2 Å². The molecule has 0 saturated heterocycles. The quantitative estimate of drug-likeness (QED) is 0.636. The number of thioether (sulfide) groups is 1. The molecule has 0 aliphatic carbocycles. The minimum Gasteiger partial charge on any atom is -0.493 e. The smallest absolute Gasteiger partial charge is 0.276 e. The molecule has 0 unspecified atom stereocenters. The van der Waals surface area contributed by atoms with Crippen molar-refractivity contribution in [3.05, 3.63) is 35.7 Å². The Morgan fingerprint density at radius 1 is 1.28 bits per heavy atom. The molecule has 0 aliphatic rings. The third kappa shape index (κ3) is 3.75. The summed E-state index contributed by atoms with van der Waals surface area (Å²) in [6.45, 7) is 2.91. The van der Waals surface area contributed by atoms with Gasteiger partial charge < -0.3 is 14.9 Å². The van der Waals surface area contributed by atoms with E-state index in [9.17, 15) is 0 Å². The van der Waals surface area contributed by atoms with Crippen molar-refractivity contribution in [2.45, 2.75) is 18.7 Å². The van der Waals surface area contributed by atoms with Crippen molar-refractivity contribution >= 4 is 11.8 Å². The second-order valence-electron chi connectivity index (χ2n) is 3.68. The predicted octanol–water partition coefficient (Wildman–Crippen LogP) is 2.01. The van der Waals surface area contributed by atoms with Gasteiger partial charge >= 0.3 is 0 Å². The molecule has 96 valence electrons. The lowest BCUT2D eigenvalue weighted by atomic mass is 10.2. The van der Waals surface area contributed by atoms with Gasteiger partial charge in [-0.25, -0.2) is 0 Å². The molecule has 2 rings (SSSR count). The SMILES string of the molecule is Cc1ccc(OCCSc2nnc(CN)o2)cc1. The summed E-state index contributed by atoms with van der Waals surface area (Å²) in [6.07, 6.45) is 0. The lowest BCUT2D eigenvalue weighted by molar-refractivity contribution is 0.342. The largest absolute Gasteiger partial charge is 0.493 e. The highest BCUT2D eigenvalue weighted by molar-refractivity contribution is 7.99. The van der Waals surface area contributed by atoms with Gasteiger partial charge in [0, 0.05) is 5.75 Å². The summed E-state index contributed by atoms with van der Waals surface area (Å²) in [5.41, 5.74) is 6.60. The highest BCUT2D eigenvalue weighted by Gasteiger charge is 2.04. The van der Waals surface area contributed by atoms with Crippen LogP contribution < -0.4 is 10.5 Å². The average Bonchev–Trinajstić information content (AvgIpc) is 2.85. The summed E-state index contributed by atoms with van der Waals surface area (Å²) in [6, 6.07) is 7.96. The van der Waals surface area contributed by atoms with Crippen LogP contribution in [0.1, 0.15) is 11.5 Å². The normalized spacial score (nSPS) is 10.6. The molecule has 6 heteroatoms. The summed E-state index contributed by atoms with van der Waals surface area (Å²) in [5, 5.41) is 8.16. The van der Waals surface area contributed by atoms with Gasteiger partial charge in [-0.2, -0.15) is 0 Å². The Morgan fingerprint density at radius 2 is 2.06 bits per heavy atom. The van der Waals surface area contributed by atoms with Gasteiger partial charge in [0.25, 0.3) is 5.22 Å². The first-order valence-electron chi connectivity index (χ1n) is 5.62. The summed E-state index contributed by atoms with van der Waals surface area (Å²) in [5.74, 6) is 2.08. The Balaban J connectivity index is 1.71. The van der Waals surface area contributed by atoms with Crippen molar-refractivity contribution in [1.29, 1.82) is 0 Å². The maximum atomic E-state index is 5.58. The van der Waals surface area contributed by atoms with Crippen LogP contribution in [0.15, 0.2) is 33.9 Å². The molecule has 0 saturated carbocycles. The van der Waals surface area contributed by atoms with E-state index in [-0.39, 0.29) is 6.54 Å². The van der Waals surface area contributed by atoms with E-state index >= 15 is 0 Å². The molecule has 2 N–H and O–H groups in total. The molecule has 0 amide bonds. The Hall–Kier alpha value is -1.53. The fraction of sp³-hybridized carbons (Fsp3) is 0.333. The molecule has 1 heterocycles. The average molecular weight is 265 g/mol. The van der Waals surface area contributed by atoms with Gasteiger partial charge in [-0.1, -0.05) is 29.5 Å². The van der Waals surface area contributed by atoms with Gasteiger partial charge in [0.05, 0.1) is 13.2 Å². The number of nitrogens with zero attached hydrogens (tertiary/aromatic N) is 2. The molecule has 18 heavy (non-hydrogen) atoms. The number of aromatic nitrogens is 2. The zero-order valence-electron chi connectivity index (χ0n) is 10.1. The minimum atomic E-state index is 0.271. The van der Waals surface area contributed by atoms with E-state index in [1.165, 1.54) is 17.3 Å². The maximum Gasteiger partial charge on any atom is 0.276 e. The van der Waals surface area contributed by atoms with Crippen LogP contribution in [0.5, 0.6) is 5.75 Å². The van der Waals surface area contributed by atoms with Crippen LogP contribution in [0.2, 0.25) is 0 Å². The second kappa shape index (κ2) is 6.42. The number of ether oxygens (including phenoxy) is 1. The summed E-state index contributed by atoms with van der Waals surface area (Å²) < 4.78 is 10.8. The van der Waals surface area contributed by atoms with Crippen molar-refractivity contribution in [3.8, 4) is 5.75 Å². The zero-order valence-corrected chi connectivity index (χ0v) is 10.9. The number of nitrogens with two attached hydrogens (primary N) is 1. The molecular formula is C12H15N3O2S. The van der Waals surface area contributed by atoms with Gasteiger partial charge in [-0.05, 0) is 19.1 Å². The first-order valence-corrected chi connectivity index (χ1v) is 6.61. The van der Waals surface area contributed by atoms with Crippen molar-refractivity contribution in [2.75, 3.05) is 12.4 Å². The fourth-order valence-corrected chi connectivity index (χ4v) is 1.90. The third-order valence-corrected chi connectivity index (χ3v) is 3.00. The Bertz CT molecular complexity index is 484. The fourth-order valence-electron chi connectivity index (χ4n) is 1.30. The van der Waals surface area contributed by atoms with Crippen LogP contribution in [-0.2, 0) is 6.54 Å². The number of hydrogen-bond donors (Lipinski definition) is 1. The van der Waals surface area contributed by atoms with E-state index in [4.69, 9.17) is 14.9 Å². The first kappa shape index (κ1) is 12.9. The highest BCUT2D eigenvalue weighted by atomic mass is 32.2. The number of benzene rings is 1. The summed E-state index contributed by atoms with van der Waals surface area (Å²) in [7, 11) is 0. The first-order chi connectivity index (χ1) is 8.78. The van der Waals surface area contributed by atoms with Crippen LogP contribution in [0.4, 0.5) is 0 Å². The van der Waals surface area contributed by atoms with Crippen LogP contribution >= 0.6 is 11.8 Å². The Morgan fingerprint density at radius 3 is 2.72 bits per heavy atom. The molecule has 2 aromatic rings. The summed E-state index contributed by atoms with van der Waals surface area (Å²) in [4.78, 5) is 0. The van der Waals surface area contributed by atoms with E-state index in [0.29, 0.717) is 17.7 Å². The van der Waals surface area contributed by atoms with Gasteiger partial charge in [-0.15, -0.1) is 10.2 Å². The van der Waals surface area contributed by atoms with Crippen LogP contribution in [0, 0.1) is 6.92 Å². The zero-order chi connectivity index (χ0) is 12.8.